The molecule has 0 saturated heterocycles. The molecule has 1 saturated carbocycles. The number of carbonyl (C=O) groups is 2. The van der Waals surface area contributed by atoms with Gasteiger partial charge in [0.1, 0.15) is 6.61 Å². The van der Waals surface area contributed by atoms with Crippen molar-refractivity contribution in [1.29, 1.82) is 0 Å². The van der Waals surface area contributed by atoms with E-state index in [4.69, 9.17) is 4.74 Å². The van der Waals surface area contributed by atoms with Gasteiger partial charge in [0.25, 0.3) is 5.56 Å². The fourth-order valence-electron chi connectivity index (χ4n) is 8.28. The van der Waals surface area contributed by atoms with E-state index in [0.29, 0.717) is 31.8 Å². The second-order valence-electron chi connectivity index (χ2n) is 14.3. The SMILES string of the molecule is CCCCCc1c(Cc2ccc(-c3ccccc3-c3nn[nH]n3)cc2)c(=O)n2n1C(C1(C(=O)NCCOC(=O)CCCC)CCCCC1)CCC2. The number of tetrazole rings is 1. The van der Waals surface area contributed by atoms with Crippen molar-refractivity contribution in [2.24, 2.45) is 5.41 Å². The standard InChI is InChI=1S/C40H53N7O4/c1-3-5-8-16-34-33(28-29-19-21-30(22-20-29)31-14-9-10-15-32(31)37-42-44-45-43-37)38(49)46-26-13-17-35(47(34)46)40(23-11-7-12-24-40)39(50)41-25-27-51-36(48)18-6-4-2/h9-10,14-15,19-22,35H,3-8,11-13,16-18,23-28H2,1-2H3,(H,41,50)(H,42,43,44,45). The fraction of sp³-hybridized carbons (Fsp3) is 0.550. The van der Waals surface area contributed by atoms with E-state index >= 15 is 0 Å². The van der Waals surface area contributed by atoms with E-state index in [1.54, 1.807) is 0 Å². The van der Waals surface area contributed by atoms with Gasteiger partial charge >= 0.3 is 5.97 Å². The molecule has 1 aliphatic carbocycles. The molecule has 1 unspecified atom stereocenters. The minimum atomic E-state index is -0.609. The highest BCUT2D eigenvalue weighted by atomic mass is 16.5. The van der Waals surface area contributed by atoms with Crippen LogP contribution in [0.25, 0.3) is 22.5 Å². The summed E-state index contributed by atoms with van der Waals surface area (Å²) >= 11 is 0. The number of hydrogen-bond donors (Lipinski definition) is 2. The van der Waals surface area contributed by atoms with E-state index in [1.165, 1.54) is 0 Å². The first-order chi connectivity index (χ1) is 25.0. The van der Waals surface area contributed by atoms with Crippen molar-refractivity contribution in [1.82, 2.24) is 35.3 Å². The first kappa shape index (κ1) is 36.3. The Morgan fingerprint density at radius 2 is 1.73 bits per heavy atom. The van der Waals surface area contributed by atoms with Gasteiger partial charge in [0.05, 0.1) is 18.0 Å². The third-order valence-corrected chi connectivity index (χ3v) is 10.9. The molecule has 1 atom stereocenters. The molecular weight excluding hydrogens is 642 g/mol. The summed E-state index contributed by atoms with van der Waals surface area (Å²) in [6, 6.07) is 16.3. The number of hydrogen-bond acceptors (Lipinski definition) is 7. The van der Waals surface area contributed by atoms with Crippen molar-refractivity contribution in [3.63, 3.8) is 0 Å². The molecule has 2 aromatic heterocycles. The highest BCUT2D eigenvalue weighted by molar-refractivity contribution is 5.83. The molecule has 6 rings (SSSR count). The lowest BCUT2D eigenvalue weighted by Gasteiger charge is -2.45. The lowest BCUT2D eigenvalue weighted by Crippen LogP contribution is -2.51. The molecule has 11 heteroatoms. The molecule has 0 bridgehead atoms. The Bertz CT molecular complexity index is 1800. The van der Waals surface area contributed by atoms with Crippen LogP contribution in [0.3, 0.4) is 0 Å². The minimum Gasteiger partial charge on any atom is -0.464 e. The van der Waals surface area contributed by atoms with Crippen LogP contribution in [-0.2, 0) is 33.7 Å². The quantitative estimate of drug-likeness (QED) is 0.0956. The number of fused-ring (bicyclic) bond motifs is 1. The topological polar surface area (TPSA) is 137 Å². The summed E-state index contributed by atoms with van der Waals surface area (Å²) in [5.41, 5.74) is 5.43. The first-order valence-electron chi connectivity index (χ1n) is 19.2. The number of rotatable bonds is 16. The maximum atomic E-state index is 14.4. The Morgan fingerprint density at radius 3 is 2.45 bits per heavy atom. The molecule has 272 valence electrons. The van der Waals surface area contributed by atoms with E-state index in [9.17, 15) is 14.4 Å². The largest absolute Gasteiger partial charge is 0.464 e. The second-order valence-corrected chi connectivity index (χ2v) is 14.3. The van der Waals surface area contributed by atoms with Gasteiger partial charge in [-0.1, -0.05) is 101 Å². The van der Waals surface area contributed by atoms with Crippen molar-refractivity contribution in [3.8, 4) is 22.5 Å². The highest BCUT2D eigenvalue weighted by Gasteiger charge is 2.49. The Morgan fingerprint density at radius 1 is 0.961 bits per heavy atom. The lowest BCUT2D eigenvalue weighted by atomic mass is 9.66. The van der Waals surface area contributed by atoms with Gasteiger partial charge in [-0.15, -0.1) is 10.2 Å². The summed E-state index contributed by atoms with van der Waals surface area (Å²) in [5.74, 6) is 0.363. The van der Waals surface area contributed by atoms with Gasteiger partial charge in [0.15, 0.2) is 0 Å². The van der Waals surface area contributed by atoms with Crippen LogP contribution in [0.15, 0.2) is 53.3 Å². The lowest BCUT2D eigenvalue weighted by molar-refractivity contribution is -0.145. The summed E-state index contributed by atoms with van der Waals surface area (Å²) in [7, 11) is 0. The average molecular weight is 696 g/mol. The zero-order valence-corrected chi connectivity index (χ0v) is 30.3. The summed E-state index contributed by atoms with van der Waals surface area (Å²) in [4.78, 5) is 40.7. The molecule has 1 amide bonds. The Kier molecular flexibility index (Phi) is 12.2. The van der Waals surface area contributed by atoms with Crippen molar-refractivity contribution in [2.75, 3.05) is 13.2 Å². The molecule has 4 aromatic rings. The van der Waals surface area contributed by atoms with Gasteiger partial charge in [-0.2, -0.15) is 5.21 Å². The molecule has 0 radical (unpaired) electrons. The Hall–Kier alpha value is -4.54. The van der Waals surface area contributed by atoms with Crippen LogP contribution < -0.4 is 10.9 Å². The molecule has 2 aliphatic rings. The van der Waals surface area contributed by atoms with Crippen LogP contribution in [-0.4, -0.2) is 55.0 Å². The number of carbonyl (C=O) groups excluding carboxylic acids is 2. The third kappa shape index (κ3) is 8.02. The normalized spacial score (nSPS) is 16.8. The van der Waals surface area contributed by atoms with Crippen LogP contribution in [0.2, 0.25) is 0 Å². The zero-order chi connectivity index (χ0) is 35.6. The predicted molar refractivity (Wildman–Crippen MR) is 197 cm³/mol. The number of nitrogens with one attached hydrogen (secondary N) is 2. The number of esters is 1. The fourth-order valence-corrected chi connectivity index (χ4v) is 8.28. The maximum absolute atomic E-state index is 14.4. The monoisotopic (exact) mass is 695 g/mol. The smallest absolute Gasteiger partial charge is 0.305 e. The molecule has 2 N–H and O–H groups in total. The predicted octanol–water partition coefficient (Wildman–Crippen LogP) is 6.96. The third-order valence-electron chi connectivity index (χ3n) is 10.9. The molecule has 51 heavy (non-hydrogen) atoms. The van der Waals surface area contributed by atoms with Crippen molar-refractivity contribution < 1.29 is 14.3 Å². The van der Waals surface area contributed by atoms with Gasteiger partial charge in [-0.05, 0) is 66.8 Å². The van der Waals surface area contributed by atoms with Crippen molar-refractivity contribution in [2.45, 2.75) is 123 Å². The van der Waals surface area contributed by atoms with Crippen molar-refractivity contribution in [3.05, 3.63) is 75.7 Å². The summed E-state index contributed by atoms with van der Waals surface area (Å²) in [5, 5.41) is 17.8. The van der Waals surface area contributed by atoms with Crippen LogP contribution in [0.1, 0.15) is 120 Å². The molecule has 11 nitrogen and oxygen atoms in total. The summed E-state index contributed by atoms with van der Waals surface area (Å²) < 4.78 is 9.65. The summed E-state index contributed by atoms with van der Waals surface area (Å²) in [6.07, 6.45) is 13.1. The molecule has 1 fully saturated rings. The highest BCUT2D eigenvalue weighted by Crippen LogP contribution is 2.49. The Balaban J connectivity index is 1.29. The van der Waals surface area contributed by atoms with Crippen LogP contribution in [0.5, 0.6) is 0 Å². The minimum absolute atomic E-state index is 0.0316. The molecule has 2 aromatic carbocycles. The number of amides is 1. The van der Waals surface area contributed by atoms with Crippen LogP contribution in [0, 0.1) is 5.41 Å². The zero-order valence-electron chi connectivity index (χ0n) is 30.3. The molecular formula is C40H53N7O4. The van der Waals surface area contributed by atoms with Crippen LogP contribution >= 0.6 is 0 Å². The average Bonchev–Trinajstić information content (AvgIpc) is 3.80. The van der Waals surface area contributed by atoms with E-state index in [1.807, 2.05) is 29.8 Å². The number of H-pyrrole nitrogens is 1. The van der Waals surface area contributed by atoms with E-state index in [0.717, 1.165) is 117 Å². The van der Waals surface area contributed by atoms with E-state index in [2.05, 4.69) is 67.9 Å². The number of aromatic amines is 1. The van der Waals surface area contributed by atoms with Gasteiger partial charge in [-0.3, -0.25) is 19.1 Å². The number of nitrogens with zero attached hydrogens (tertiary/aromatic N) is 5. The molecule has 1 aliphatic heterocycles. The molecule has 0 spiro atoms. The number of unbranched alkanes of at least 4 members (excludes halogenated alkanes) is 3. The van der Waals surface area contributed by atoms with Crippen LogP contribution in [0.4, 0.5) is 0 Å². The van der Waals surface area contributed by atoms with Gasteiger partial charge in [-0.25, -0.2) is 4.68 Å². The Labute approximate surface area is 300 Å². The van der Waals surface area contributed by atoms with Gasteiger partial charge in [0.2, 0.25) is 11.7 Å². The maximum Gasteiger partial charge on any atom is 0.305 e. The van der Waals surface area contributed by atoms with Gasteiger partial charge < -0.3 is 10.1 Å². The molecule has 3 heterocycles. The number of ether oxygens (including phenoxy) is 1. The number of aromatic nitrogens is 6. The van der Waals surface area contributed by atoms with E-state index in [-0.39, 0.29) is 30.1 Å². The van der Waals surface area contributed by atoms with E-state index < -0.39 is 5.41 Å². The van der Waals surface area contributed by atoms with Gasteiger partial charge in [0, 0.05) is 36.2 Å². The first-order valence-corrected chi connectivity index (χ1v) is 19.2. The second kappa shape index (κ2) is 17.1. The van der Waals surface area contributed by atoms with Crippen molar-refractivity contribution >= 4 is 11.9 Å². The number of benzene rings is 2. The summed E-state index contributed by atoms with van der Waals surface area (Å²) in [6.45, 7) is 5.38.